The molecule has 3 amide bonds. The highest BCUT2D eigenvalue weighted by atomic mass is 35.5. The van der Waals surface area contributed by atoms with Crippen molar-refractivity contribution in [3.05, 3.63) is 93.9 Å². The van der Waals surface area contributed by atoms with E-state index in [0.717, 1.165) is 16.7 Å². The molecule has 0 aliphatic carbocycles. The number of pyridine rings is 1. The SMILES string of the molecule is Cc1c(NC(=O)c2ccc3c(c2)OCO3)cccc1-c1cc(Nc2ccc(C(=O)N3CCOCC3)c(NC(=O)CCl)c2)c(=O)n(C)c1. The summed E-state index contributed by atoms with van der Waals surface area (Å²) in [5, 5.41) is 8.83. The van der Waals surface area contributed by atoms with Gasteiger partial charge in [0.05, 0.1) is 24.5 Å². The summed E-state index contributed by atoms with van der Waals surface area (Å²) in [6, 6.07) is 17.1. The Morgan fingerprint density at radius 3 is 2.47 bits per heavy atom. The van der Waals surface area contributed by atoms with Gasteiger partial charge in [-0.15, -0.1) is 11.6 Å². The fraction of sp³-hybridized carbons (Fsp3) is 0.235. The van der Waals surface area contributed by atoms with Gasteiger partial charge in [0.1, 0.15) is 11.6 Å². The van der Waals surface area contributed by atoms with Crippen LogP contribution in [-0.4, -0.2) is 66.2 Å². The second-order valence-corrected chi connectivity index (χ2v) is 11.3. The normalized spacial score (nSPS) is 13.6. The lowest BCUT2D eigenvalue weighted by molar-refractivity contribution is -0.113. The maximum absolute atomic E-state index is 13.3. The predicted octanol–water partition coefficient (Wildman–Crippen LogP) is 4.74. The summed E-state index contributed by atoms with van der Waals surface area (Å²) in [6.45, 7) is 3.75. The summed E-state index contributed by atoms with van der Waals surface area (Å²) >= 11 is 5.75. The van der Waals surface area contributed by atoms with Crippen molar-refractivity contribution < 1.29 is 28.6 Å². The number of fused-ring (bicyclic) bond motifs is 1. The summed E-state index contributed by atoms with van der Waals surface area (Å²) < 4.78 is 17.6. The van der Waals surface area contributed by atoms with Crippen LogP contribution in [0, 0.1) is 6.92 Å². The largest absolute Gasteiger partial charge is 0.454 e. The number of ether oxygens (including phenoxy) is 3. The highest BCUT2D eigenvalue weighted by Crippen LogP contribution is 2.34. The van der Waals surface area contributed by atoms with Crippen LogP contribution in [-0.2, 0) is 16.6 Å². The van der Waals surface area contributed by atoms with Gasteiger partial charge >= 0.3 is 0 Å². The molecule has 3 aromatic carbocycles. The molecule has 2 aliphatic heterocycles. The number of anilines is 4. The number of carbonyl (C=O) groups excluding carboxylic acids is 3. The first-order valence-corrected chi connectivity index (χ1v) is 15.4. The molecule has 0 saturated carbocycles. The molecular weight excluding hydrogens is 626 g/mol. The van der Waals surface area contributed by atoms with Gasteiger partial charge in [0.15, 0.2) is 11.5 Å². The van der Waals surface area contributed by atoms with Gasteiger partial charge in [0.2, 0.25) is 12.7 Å². The van der Waals surface area contributed by atoms with Crippen molar-refractivity contribution in [1.29, 1.82) is 0 Å². The minimum absolute atomic E-state index is 0.115. The lowest BCUT2D eigenvalue weighted by Gasteiger charge is -2.27. The number of morpholine rings is 1. The van der Waals surface area contributed by atoms with E-state index in [4.69, 9.17) is 25.8 Å². The third-order valence-electron chi connectivity index (χ3n) is 7.93. The van der Waals surface area contributed by atoms with Gasteiger partial charge in [-0.25, -0.2) is 0 Å². The third-order valence-corrected chi connectivity index (χ3v) is 8.18. The van der Waals surface area contributed by atoms with E-state index in [0.29, 0.717) is 60.3 Å². The molecule has 2 aliphatic rings. The highest BCUT2D eigenvalue weighted by molar-refractivity contribution is 6.29. The summed E-state index contributed by atoms with van der Waals surface area (Å²) in [5.74, 6) is -0.213. The van der Waals surface area contributed by atoms with Crippen molar-refractivity contribution in [3.8, 4) is 22.6 Å². The summed E-state index contributed by atoms with van der Waals surface area (Å²) in [6.07, 6.45) is 1.72. The van der Waals surface area contributed by atoms with E-state index in [1.165, 1.54) is 4.57 Å². The number of amides is 3. The first-order chi connectivity index (χ1) is 22.7. The maximum Gasteiger partial charge on any atom is 0.274 e. The molecule has 3 N–H and O–H groups in total. The zero-order valence-corrected chi connectivity index (χ0v) is 26.5. The monoisotopic (exact) mass is 657 g/mol. The maximum atomic E-state index is 13.3. The van der Waals surface area contributed by atoms with E-state index in [-0.39, 0.29) is 41.4 Å². The van der Waals surface area contributed by atoms with Crippen LogP contribution in [0.25, 0.3) is 11.1 Å². The van der Waals surface area contributed by atoms with Gasteiger partial charge in [0.25, 0.3) is 17.4 Å². The summed E-state index contributed by atoms with van der Waals surface area (Å²) in [5.41, 5.74) is 4.36. The zero-order valence-electron chi connectivity index (χ0n) is 25.7. The van der Waals surface area contributed by atoms with Crippen LogP contribution in [0.15, 0.2) is 71.7 Å². The molecule has 0 spiro atoms. The summed E-state index contributed by atoms with van der Waals surface area (Å²) in [4.78, 5) is 53.6. The van der Waals surface area contributed by atoms with Gasteiger partial charge in [-0.1, -0.05) is 12.1 Å². The molecule has 242 valence electrons. The minimum Gasteiger partial charge on any atom is -0.454 e. The van der Waals surface area contributed by atoms with Crippen LogP contribution >= 0.6 is 11.6 Å². The van der Waals surface area contributed by atoms with Crippen LogP contribution in [0.2, 0.25) is 0 Å². The van der Waals surface area contributed by atoms with Gasteiger partial charge < -0.3 is 39.6 Å². The Labute approximate surface area is 275 Å². The van der Waals surface area contributed by atoms with Crippen molar-refractivity contribution >= 4 is 52.1 Å². The molecule has 13 heteroatoms. The molecule has 1 aromatic heterocycles. The van der Waals surface area contributed by atoms with Crippen LogP contribution in [0.1, 0.15) is 26.3 Å². The quantitative estimate of drug-likeness (QED) is 0.231. The van der Waals surface area contributed by atoms with Gasteiger partial charge in [-0.3, -0.25) is 19.2 Å². The van der Waals surface area contributed by atoms with Crippen molar-refractivity contribution in [2.75, 3.05) is 54.9 Å². The standard InChI is InChI=1S/C34H32ClN5O7/c1-20-24(4-3-5-26(20)38-32(42)21-6-9-29-30(15-21)47-19-46-29)22-14-28(34(44)39(2)18-22)36-23-7-8-25(27(16-23)37-31(41)17-35)33(43)40-10-12-45-13-11-40/h3-9,14-16,18,36H,10-13,17,19H2,1-2H3,(H,37,41)(H,38,42). The lowest BCUT2D eigenvalue weighted by atomic mass is 9.99. The molecule has 0 unspecified atom stereocenters. The number of nitrogens with zero attached hydrogens (tertiary/aromatic N) is 2. The topological polar surface area (TPSA) is 140 Å². The number of nitrogens with one attached hydrogen (secondary N) is 3. The molecule has 4 aromatic rings. The Balaban J connectivity index is 1.28. The number of hydrogen-bond acceptors (Lipinski definition) is 8. The van der Waals surface area contributed by atoms with Gasteiger partial charge in [0, 0.05) is 48.8 Å². The minimum atomic E-state index is -0.473. The van der Waals surface area contributed by atoms with Crippen LogP contribution in [0.4, 0.5) is 22.7 Å². The number of hydrogen-bond donors (Lipinski definition) is 3. The average molecular weight is 658 g/mol. The Kier molecular flexibility index (Phi) is 9.14. The Bertz CT molecular complexity index is 1940. The smallest absolute Gasteiger partial charge is 0.274 e. The molecule has 12 nitrogen and oxygen atoms in total. The second-order valence-electron chi connectivity index (χ2n) is 11.0. The Hall–Kier alpha value is -5.33. The van der Waals surface area contributed by atoms with Crippen LogP contribution in [0.3, 0.4) is 0 Å². The summed E-state index contributed by atoms with van der Waals surface area (Å²) in [7, 11) is 1.65. The lowest BCUT2D eigenvalue weighted by Crippen LogP contribution is -2.41. The van der Waals surface area contributed by atoms with Crippen LogP contribution in [0.5, 0.6) is 11.5 Å². The van der Waals surface area contributed by atoms with E-state index in [2.05, 4.69) is 16.0 Å². The number of carbonyl (C=O) groups is 3. The second kappa shape index (κ2) is 13.6. The molecule has 1 fully saturated rings. The van der Waals surface area contributed by atoms with Crippen molar-refractivity contribution in [1.82, 2.24) is 9.47 Å². The number of benzene rings is 3. The number of rotatable bonds is 8. The fourth-order valence-corrected chi connectivity index (χ4v) is 5.52. The van der Waals surface area contributed by atoms with Crippen molar-refractivity contribution in [2.24, 2.45) is 7.05 Å². The molecule has 0 atom stereocenters. The number of aromatic nitrogens is 1. The zero-order chi connectivity index (χ0) is 33.1. The van der Waals surface area contributed by atoms with E-state index in [1.807, 2.05) is 19.1 Å². The van der Waals surface area contributed by atoms with Crippen molar-refractivity contribution in [3.63, 3.8) is 0 Å². The molecule has 6 rings (SSSR count). The Morgan fingerprint density at radius 1 is 0.894 bits per heavy atom. The molecule has 1 saturated heterocycles. The molecule has 0 radical (unpaired) electrons. The molecule has 47 heavy (non-hydrogen) atoms. The molecule has 0 bridgehead atoms. The predicted molar refractivity (Wildman–Crippen MR) is 178 cm³/mol. The highest BCUT2D eigenvalue weighted by Gasteiger charge is 2.23. The van der Waals surface area contributed by atoms with E-state index < -0.39 is 5.91 Å². The van der Waals surface area contributed by atoms with Crippen LogP contribution < -0.4 is 31.0 Å². The number of aryl methyl sites for hydroxylation is 1. The fourth-order valence-electron chi connectivity index (χ4n) is 5.45. The number of halogens is 1. The number of alkyl halides is 1. The van der Waals surface area contributed by atoms with E-state index >= 15 is 0 Å². The van der Waals surface area contributed by atoms with Gasteiger partial charge in [-0.2, -0.15) is 0 Å². The molecule has 3 heterocycles. The van der Waals surface area contributed by atoms with E-state index in [9.17, 15) is 19.2 Å². The van der Waals surface area contributed by atoms with Gasteiger partial charge in [-0.05, 0) is 66.6 Å². The first-order valence-electron chi connectivity index (χ1n) is 14.9. The molecular formula is C34H32ClN5O7. The third kappa shape index (κ3) is 6.79. The Morgan fingerprint density at radius 2 is 1.68 bits per heavy atom. The first kappa shape index (κ1) is 31.6. The van der Waals surface area contributed by atoms with E-state index in [1.54, 1.807) is 66.7 Å². The average Bonchev–Trinajstić information content (AvgIpc) is 3.56. The van der Waals surface area contributed by atoms with Crippen molar-refractivity contribution in [2.45, 2.75) is 6.92 Å².